The highest BCUT2D eigenvalue weighted by molar-refractivity contribution is 9.11. The lowest BCUT2D eigenvalue weighted by Crippen LogP contribution is -2.19. The molecule has 0 unspecified atom stereocenters. The van der Waals surface area contributed by atoms with E-state index in [4.69, 9.17) is 16.1 Å². The Bertz CT molecular complexity index is 1600. The molecule has 0 aliphatic heterocycles. The van der Waals surface area contributed by atoms with Crippen molar-refractivity contribution < 1.29 is 9.32 Å². The lowest BCUT2D eigenvalue weighted by molar-refractivity contribution is 0.101. The SMILES string of the molecule is Cc1cc(Br)cc(-c2nc(-c3ccc(Br)cc3)no2)c1NC(=O)c1cc(Br)nn1-c1ncccc1Cl. The van der Waals surface area contributed by atoms with E-state index in [-0.39, 0.29) is 11.6 Å². The van der Waals surface area contributed by atoms with Crippen molar-refractivity contribution in [3.63, 3.8) is 0 Å². The number of aryl methyl sites for hydroxylation is 1. The second-order valence-corrected chi connectivity index (χ2v) is 10.7. The fourth-order valence-corrected chi connectivity index (χ4v) is 4.93. The van der Waals surface area contributed by atoms with Crippen LogP contribution in [0, 0.1) is 6.92 Å². The maximum Gasteiger partial charge on any atom is 0.274 e. The number of pyridine rings is 1. The summed E-state index contributed by atoms with van der Waals surface area (Å²) in [6.45, 7) is 1.87. The van der Waals surface area contributed by atoms with Gasteiger partial charge in [0.2, 0.25) is 5.82 Å². The minimum atomic E-state index is -0.422. The van der Waals surface area contributed by atoms with E-state index in [1.165, 1.54) is 4.68 Å². The molecule has 36 heavy (non-hydrogen) atoms. The Hall–Kier alpha value is -2.86. The highest BCUT2D eigenvalue weighted by Crippen LogP contribution is 2.35. The lowest BCUT2D eigenvalue weighted by atomic mass is 10.1. The molecule has 3 heterocycles. The number of halogens is 4. The number of aromatic nitrogens is 5. The Morgan fingerprint density at radius 1 is 1.06 bits per heavy atom. The van der Waals surface area contributed by atoms with Gasteiger partial charge in [-0.3, -0.25) is 4.79 Å². The van der Waals surface area contributed by atoms with Crippen LogP contribution in [0.15, 0.2) is 78.9 Å². The first kappa shape index (κ1) is 24.8. The Kier molecular flexibility index (Phi) is 7.07. The second kappa shape index (κ2) is 10.3. The van der Waals surface area contributed by atoms with Crippen molar-refractivity contribution in [2.45, 2.75) is 6.92 Å². The van der Waals surface area contributed by atoms with Crippen molar-refractivity contribution in [1.82, 2.24) is 24.9 Å². The molecule has 0 saturated heterocycles. The van der Waals surface area contributed by atoms with Crippen LogP contribution in [0.25, 0.3) is 28.7 Å². The van der Waals surface area contributed by atoms with E-state index in [1.54, 1.807) is 24.4 Å². The van der Waals surface area contributed by atoms with Crippen molar-refractivity contribution in [2.24, 2.45) is 0 Å². The zero-order chi connectivity index (χ0) is 25.4. The minimum absolute atomic E-state index is 0.233. The van der Waals surface area contributed by atoms with Gasteiger partial charge >= 0.3 is 0 Å². The topological polar surface area (TPSA) is 98.7 Å². The summed E-state index contributed by atoms with van der Waals surface area (Å²) < 4.78 is 9.17. The number of rotatable bonds is 5. The summed E-state index contributed by atoms with van der Waals surface area (Å²) >= 11 is 16.6. The fraction of sp³-hybridized carbons (Fsp3) is 0.0417. The Balaban J connectivity index is 1.53. The average Bonchev–Trinajstić information content (AvgIpc) is 3.48. The molecule has 5 rings (SSSR count). The van der Waals surface area contributed by atoms with Crippen LogP contribution in [-0.4, -0.2) is 30.8 Å². The molecule has 8 nitrogen and oxygen atoms in total. The standard InChI is InChI=1S/C24H14Br3ClN6O2/c1-12-9-15(26)10-16(24-31-21(33-36-24)13-4-6-14(25)7-5-13)20(12)30-23(35)18-11-19(27)32-34(18)22-17(28)3-2-8-29-22/h2-11H,1H3,(H,30,35). The molecule has 1 amide bonds. The number of hydrogen-bond acceptors (Lipinski definition) is 6. The van der Waals surface area contributed by atoms with Gasteiger partial charge in [0.25, 0.3) is 11.8 Å². The molecule has 2 aromatic carbocycles. The highest BCUT2D eigenvalue weighted by atomic mass is 79.9. The molecule has 12 heteroatoms. The van der Waals surface area contributed by atoms with Crippen LogP contribution in [-0.2, 0) is 0 Å². The Morgan fingerprint density at radius 2 is 1.83 bits per heavy atom. The minimum Gasteiger partial charge on any atom is -0.334 e. The molecule has 180 valence electrons. The summed E-state index contributed by atoms with van der Waals surface area (Å²) in [6, 6.07) is 16.2. The highest BCUT2D eigenvalue weighted by Gasteiger charge is 2.23. The van der Waals surface area contributed by atoms with Crippen molar-refractivity contribution in [2.75, 3.05) is 5.32 Å². The van der Waals surface area contributed by atoms with Crippen LogP contribution >= 0.6 is 59.4 Å². The van der Waals surface area contributed by atoms with Gasteiger partial charge in [-0.2, -0.15) is 10.1 Å². The van der Waals surface area contributed by atoms with Crippen LogP contribution in [0.2, 0.25) is 5.02 Å². The number of benzene rings is 2. The van der Waals surface area contributed by atoms with Gasteiger partial charge in [-0.15, -0.1) is 0 Å². The number of hydrogen-bond donors (Lipinski definition) is 1. The van der Waals surface area contributed by atoms with Gasteiger partial charge in [-0.25, -0.2) is 9.67 Å². The quantitative estimate of drug-likeness (QED) is 0.205. The largest absolute Gasteiger partial charge is 0.334 e. The number of amides is 1. The van der Waals surface area contributed by atoms with Crippen molar-refractivity contribution >= 4 is 71.0 Å². The Morgan fingerprint density at radius 3 is 2.58 bits per heavy atom. The van der Waals surface area contributed by atoms with Gasteiger partial charge in [-0.1, -0.05) is 48.6 Å². The zero-order valence-electron chi connectivity index (χ0n) is 18.3. The van der Waals surface area contributed by atoms with Gasteiger partial charge < -0.3 is 9.84 Å². The first-order valence-electron chi connectivity index (χ1n) is 10.4. The first-order valence-corrected chi connectivity index (χ1v) is 13.1. The van der Waals surface area contributed by atoms with E-state index in [9.17, 15) is 4.79 Å². The number of carbonyl (C=O) groups excluding carboxylic acids is 1. The van der Waals surface area contributed by atoms with Crippen LogP contribution in [0.1, 0.15) is 16.1 Å². The molecular weight excluding hydrogens is 679 g/mol. The zero-order valence-corrected chi connectivity index (χ0v) is 23.9. The van der Waals surface area contributed by atoms with Crippen molar-refractivity contribution in [3.05, 3.63) is 90.6 Å². The molecule has 0 spiro atoms. The summed E-state index contributed by atoms with van der Waals surface area (Å²) in [7, 11) is 0. The van der Waals surface area contributed by atoms with Crippen molar-refractivity contribution in [3.8, 4) is 28.7 Å². The van der Waals surface area contributed by atoms with E-state index < -0.39 is 5.91 Å². The molecule has 0 aliphatic rings. The number of carbonyl (C=O) groups is 1. The van der Waals surface area contributed by atoms with Crippen LogP contribution in [0.5, 0.6) is 0 Å². The smallest absolute Gasteiger partial charge is 0.274 e. The Labute approximate surface area is 235 Å². The molecular formula is C24H14Br3ClN6O2. The van der Waals surface area contributed by atoms with E-state index in [2.05, 4.69) is 73.3 Å². The van der Waals surface area contributed by atoms with E-state index in [0.29, 0.717) is 32.5 Å². The predicted molar refractivity (Wildman–Crippen MR) is 147 cm³/mol. The number of nitrogens with zero attached hydrogens (tertiary/aromatic N) is 5. The maximum absolute atomic E-state index is 13.5. The van der Waals surface area contributed by atoms with E-state index in [1.807, 2.05) is 43.3 Å². The van der Waals surface area contributed by atoms with Crippen molar-refractivity contribution in [1.29, 1.82) is 0 Å². The molecule has 0 atom stereocenters. The molecule has 0 saturated carbocycles. The maximum atomic E-state index is 13.5. The monoisotopic (exact) mass is 690 g/mol. The summed E-state index contributed by atoms with van der Waals surface area (Å²) in [5, 5.41) is 11.8. The average molecular weight is 694 g/mol. The van der Waals surface area contributed by atoms with Gasteiger partial charge in [0.1, 0.15) is 10.3 Å². The number of anilines is 1. The summed E-state index contributed by atoms with van der Waals surface area (Å²) in [5.41, 5.74) is 2.90. The predicted octanol–water partition coefficient (Wildman–Crippen LogP) is 7.49. The van der Waals surface area contributed by atoms with Crippen LogP contribution in [0.4, 0.5) is 5.69 Å². The summed E-state index contributed by atoms with van der Waals surface area (Å²) in [5.74, 6) is 0.599. The molecule has 0 aliphatic carbocycles. The second-order valence-electron chi connectivity index (χ2n) is 7.60. The third-order valence-corrected chi connectivity index (χ3v) is 6.82. The van der Waals surface area contributed by atoms with Gasteiger partial charge in [0.15, 0.2) is 5.82 Å². The molecule has 0 bridgehead atoms. The first-order chi connectivity index (χ1) is 17.3. The van der Waals surface area contributed by atoms with Gasteiger partial charge in [-0.05, 0) is 76.9 Å². The van der Waals surface area contributed by atoms with Crippen LogP contribution in [0.3, 0.4) is 0 Å². The molecule has 5 aromatic rings. The third-order valence-electron chi connectivity index (χ3n) is 5.15. The lowest BCUT2D eigenvalue weighted by Gasteiger charge is -2.13. The number of nitrogens with one attached hydrogen (secondary N) is 1. The van der Waals surface area contributed by atoms with E-state index in [0.717, 1.165) is 20.1 Å². The molecule has 3 aromatic heterocycles. The molecule has 1 N–H and O–H groups in total. The van der Waals surface area contributed by atoms with Gasteiger partial charge in [0.05, 0.1) is 16.3 Å². The van der Waals surface area contributed by atoms with Crippen LogP contribution < -0.4 is 5.32 Å². The normalized spacial score (nSPS) is 11.0. The third kappa shape index (κ3) is 5.01. The van der Waals surface area contributed by atoms with E-state index >= 15 is 0 Å². The summed E-state index contributed by atoms with van der Waals surface area (Å²) in [6.07, 6.45) is 1.58. The fourth-order valence-electron chi connectivity index (χ4n) is 3.51. The summed E-state index contributed by atoms with van der Waals surface area (Å²) in [4.78, 5) is 22.3. The molecule has 0 fully saturated rings. The molecule has 0 radical (unpaired) electrons. The van der Waals surface area contributed by atoms with Gasteiger partial charge in [0, 0.05) is 26.8 Å².